The second-order valence-corrected chi connectivity index (χ2v) is 10.4. The first-order chi connectivity index (χ1) is 14.9. The van der Waals surface area contributed by atoms with Gasteiger partial charge in [0.1, 0.15) is 12.4 Å². The normalized spacial score (nSPS) is 11.0. The van der Waals surface area contributed by atoms with E-state index in [-0.39, 0.29) is 11.7 Å². The summed E-state index contributed by atoms with van der Waals surface area (Å²) < 4.78 is 8.03. The standard InChI is InChI=1S/C23H19ClI2N2O2S/c1-15-3-2-4-16(9-15)13-30-23-20(25)10-17(11-21(23)26)12-27-28-22(29)14-31-19-7-5-18(24)6-8-19/h2-12H,13-14H2,1H3,(H,28,29)/b27-12-. The Morgan fingerprint density at radius 2 is 1.84 bits per heavy atom. The van der Waals surface area contributed by atoms with Gasteiger partial charge in [0, 0.05) is 9.92 Å². The zero-order chi connectivity index (χ0) is 22.2. The van der Waals surface area contributed by atoms with E-state index in [1.807, 2.05) is 30.3 Å². The van der Waals surface area contributed by atoms with Crippen LogP contribution in [0.2, 0.25) is 5.02 Å². The lowest BCUT2D eigenvalue weighted by Crippen LogP contribution is -2.19. The van der Waals surface area contributed by atoms with Crippen molar-refractivity contribution in [1.29, 1.82) is 0 Å². The molecule has 4 nitrogen and oxygen atoms in total. The quantitative estimate of drug-likeness (QED) is 0.125. The van der Waals surface area contributed by atoms with Crippen molar-refractivity contribution < 1.29 is 9.53 Å². The molecule has 0 unspecified atom stereocenters. The van der Waals surface area contributed by atoms with Crippen LogP contribution in [0.25, 0.3) is 0 Å². The van der Waals surface area contributed by atoms with Crippen molar-refractivity contribution in [3.8, 4) is 5.75 Å². The Bertz CT molecular complexity index is 1070. The fourth-order valence-corrected chi connectivity index (χ4v) is 5.58. The molecule has 0 fully saturated rings. The van der Waals surface area contributed by atoms with Gasteiger partial charge in [-0.3, -0.25) is 4.79 Å². The smallest absolute Gasteiger partial charge is 0.250 e. The monoisotopic (exact) mass is 676 g/mol. The number of thioether (sulfide) groups is 1. The number of aryl methyl sites for hydroxylation is 1. The minimum Gasteiger partial charge on any atom is -0.487 e. The summed E-state index contributed by atoms with van der Waals surface area (Å²) in [5, 5.41) is 4.75. The highest BCUT2D eigenvalue weighted by Crippen LogP contribution is 2.29. The van der Waals surface area contributed by atoms with Gasteiger partial charge in [-0.2, -0.15) is 5.10 Å². The molecular formula is C23H19ClI2N2O2S. The number of nitrogens with one attached hydrogen (secondary N) is 1. The Balaban J connectivity index is 1.53. The van der Waals surface area contributed by atoms with Gasteiger partial charge in [0.15, 0.2) is 0 Å². The van der Waals surface area contributed by atoms with E-state index in [0.29, 0.717) is 11.6 Å². The zero-order valence-electron chi connectivity index (χ0n) is 16.6. The Kier molecular flexibility index (Phi) is 9.48. The summed E-state index contributed by atoms with van der Waals surface area (Å²) in [7, 11) is 0. The SMILES string of the molecule is Cc1cccc(COc2c(I)cc(/C=N\NC(=O)CSc3ccc(Cl)cc3)cc2I)c1. The molecule has 3 aromatic rings. The molecule has 0 aliphatic rings. The Morgan fingerprint density at radius 3 is 2.52 bits per heavy atom. The van der Waals surface area contributed by atoms with Crippen molar-refractivity contribution in [3.05, 3.63) is 89.5 Å². The van der Waals surface area contributed by atoms with Gasteiger partial charge in [-0.05, 0) is 99.6 Å². The van der Waals surface area contributed by atoms with Crippen molar-refractivity contribution in [3.63, 3.8) is 0 Å². The molecule has 0 aromatic heterocycles. The Hall–Kier alpha value is -1.30. The van der Waals surface area contributed by atoms with Crippen molar-refractivity contribution in [2.24, 2.45) is 5.10 Å². The predicted octanol–water partition coefficient (Wildman–Crippen LogP) is 6.68. The number of carbonyl (C=O) groups excluding carboxylic acids is 1. The average molecular weight is 677 g/mol. The summed E-state index contributed by atoms with van der Waals surface area (Å²) >= 11 is 11.8. The first-order valence-electron chi connectivity index (χ1n) is 9.28. The minimum atomic E-state index is -0.168. The van der Waals surface area contributed by atoms with Crippen LogP contribution in [0, 0.1) is 14.1 Å². The summed E-state index contributed by atoms with van der Waals surface area (Å²) in [5.41, 5.74) is 5.81. The molecule has 1 N–H and O–H groups in total. The molecular weight excluding hydrogens is 658 g/mol. The fourth-order valence-electron chi connectivity index (χ4n) is 2.64. The zero-order valence-corrected chi connectivity index (χ0v) is 22.5. The molecule has 31 heavy (non-hydrogen) atoms. The van der Waals surface area contributed by atoms with E-state index in [9.17, 15) is 4.79 Å². The highest BCUT2D eigenvalue weighted by Gasteiger charge is 2.09. The van der Waals surface area contributed by atoms with E-state index in [0.717, 1.165) is 28.9 Å². The molecule has 3 aromatic carbocycles. The molecule has 0 radical (unpaired) electrons. The van der Waals surface area contributed by atoms with Crippen LogP contribution < -0.4 is 10.2 Å². The van der Waals surface area contributed by atoms with Crippen molar-refractivity contribution in [2.75, 3.05) is 5.75 Å². The molecule has 8 heteroatoms. The molecule has 0 aliphatic heterocycles. The number of carbonyl (C=O) groups is 1. The van der Waals surface area contributed by atoms with Crippen LogP contribution in [0.1, 0.15) is 16.7 Å². The fraction of sp³-hybridized carbons (Fsp3) is 0.130. The van der Waals surface area contributed by atoms with Gasteiger partial charge in [0.05, 0.1) is 19.1 Å². The van der Waals surface area contributed by atoms with Crippen LogP contribution in [-0.2, 0) is 11.4 Å². The molecule has 0 heterocycles. The van der Waals surface area contributed by atoms with Gasteiger partial charge in [0.25, 0.3) is 0 Å². The largest absolute Gasteiger partial charge is 0.487 e. The first-order valence-corrected chi connectivity index (χ1v) is 12.8. The molecule has 160 valence electrons. The van der Waals surface area contributed by atoms with Crippen molar-refractivity contribution >= 4 is 80.7 Å². The van der Waals surface area contributed by atoms with Crippen LogP contribution in [0.4, 0.5) is 0 Å². The molecule has 0 spiro atoms. The number of ether oxygens (including phenoxy) is 1. The van der Waals surface area contributed by atoms with Gasteiger partial charge < -0.3 is 4.74 Å². The van der Waals surface area contributed by atoms with Crippen LogP contribution >= 0.6 is 68.5 Å². The van der Waals surface area contributed by atoms with Crippen LogP contribution in [-0.4, -0.2) is 17.9 Å². The molecule has 0 saturated carbocycles. The second kappa shape index (κ2) is 12.1. The summed E-state index contributed by atoms with van der Waals surface area (Å²) in [4.78, 5) is 13.0. The third-order valence-corrected chi connectivity index (χ3v) is 6.94. The van der Waals surface area contributed by atoms with Crippen molar-refractivity contribution in [2.45, 2.75) is 18.4 Å². The van der Waals surface area contributed by atoms with Gasteiger partial charge in [-0.15, -0.1) is 11.8 Å². The topological polar surface area (TPSA) is 50.7 Å². The predicted molar refractivity (Wildman–Crippen MR) is 145 cm³/mol. The van der Waals surface area contributed by atoms with Gasteiger partial charge in [0.2, 0.25) is 5.91 Å². The summed E-state index contributed by atoms with van der Waals surface area (Å²) in [5.74, 6) is 0.960. The van der Waals surface area contributed by atoms with Crippen LogP contribution in [0.15, 0.2) is 70.7 Å². The number of halogens is 3. The van der Waals surface area contributed by atoms with Crippen molar-refractivity contribution in [1.82, 2.24) is 5.43 Å². The van der Waals surface area contributed by atoms with E-state index < -0.39 is 0 Å². The maximum absolute atomic E-state index is 12.0. The number of rotatable bonds is 8. The summed E-state index contributed by atoms with van der Waals surface area (Å²) in [6, 6.07) is 19.6. The van der Waals surface area contributed by atoms with E-state index in [1.165, 1.54) is 17.3 Å². The maximum Gasteiger partial charge on any atom is 0.250 e. The van der Waals surface area contributed by atoms with E-state index in [4.69, 9.17) is 16.3 Å². The Labute approximate surface area is 218 Å². The van der Waals surface area contributed by atoms with Crippen LogP contribution in [0.3, 0.4) is 0 Å². The number of amides is 1. The molecule has 0 aliphatic carbocycles. The number of hydrogen-bond acceptors (Lipinski definition) is 4. The number of hydrazone groups is 1. The number of benzene rings is 3. The number of hydrogen-bond donors (Lipinski definition) is 1. The second-order valence-electron chi connectivity index (χ2n) is 6.63. The number of nitrogens with zero attached hydrogens (tertiary/aromatic N) is 1. The minimum absolute atomic E-state index is 0.168. The Morgan fingerprint density at radius 1 is 1.13 bits per heavy atom. The van der Waals surface area contributed by atoms with Gasteiger partial charge in [-0.1, -0.05) is 41.4 Å². The van der Waals surface area contributed by atoms with Gasteiger partial charge >= 0.3 is 0 Å². The van der Waals surface area contributed by atoms with Gasteiger partial charge in [-0.25, -0.2) is 5.43 Å². The molecule has 0 saturated heterocycles. The highest BCUT2D eigenvalue weighted by molar-refractivity contribution is 14.1. The lowest BCUT2D eigenvalue weighted by Gasteiger charge is -2.12. The third kappa shape index (κ3) is 7.96. The lowest BCUT2D eigenvalue weighted by molar-refractivity contribution is -0.118. The molecule has 0 atom stereocenters. The van der Waals surface area contributed by atoms with E-state index >= 15 is 0 Å². The summed E-state index contributed by atoms with van der Waals surface area (Å²) in [6.07, 6.45) is 1.64. The molecule has 3 rings (SSSR count). The highest BCUT2D eigenvalue weighted by atomic mass is 127. The average Bonchev–Trinajstić information content (AvgIpc) is 2.73. The van der Waals surface area contributed by atoms with E-state index in [2.05, 4.69) is 80.8 Å². The first kappa shape index (κ1) is 24.3. The molecule has 1 amide bonds. The lowest BCUT2D eigenvalue weighted by atomic mass is 10.1. The maximum atomic E-state index is 12.0. The third-order valence-electron chi connectivity index (χ3n) is 4.07. The van der Waals surface area contributed by atoms with Crippen LogP contribution in [0.5, 0.6) is 5.75 Å². The summed E-state index contributed by atoms with van der Waals surface area (Å²) in [6.45, 7) is 2.59. The van der Waals surface area contributed by atoms with E-state index in [1.54, 1.807) is 18.3 Å². The molecule has 0 bridgehead atoms.